The molecular weight excluding hydrogens is 293 g/mol. The van der Waals surface area contributed by atoms with Gasteiger partial charge in [-0.05, 0) is 24.6 Å². The third-order valence-electron chi connectivity index (χ3n) is 2.99. The summed E-state index contributed by atoms with van der Waals surface area (Å²) >= 11 is 0. The van der Waals surface area contributed by atoms with E-state index in [2.05, 4.69) is 21.9 Å². The smallest absolute Gasteiger partial charge is 0.406 e. The molecule has 1 aromatic carbocycles. The molecule has 0 unspecified atom stereocenters. The van der Waals surface area contributed by atoms with E-state index in [9.17, 15) is 13.2 Å². The molecule has 20 heavy (non-hydrogen) atoms. The topological polar surface area (TPSA) is 24.5 Å². The molecule has 1 atom stereocenters. The first-order valence-electron chi connectivity index (χ1n) is 6.23. The highest BCUT2D eigenvalue weighted by molar-refractivity contribution is 5.85. The van der Waals surface area contributed by atoms with Crippen molar-refractivity contribution in [1.29, 1.82) is 0 Å². The largest absolute Gasteiger partial charge is 0.573 e. The lowest BCUT2D eigenvalue weighted by Gasteiger charge is -2.31. The summed E-state index contributed by atoms with van der Waals surface area (Å²) < 4.78 is 40.3. The van der Waals surface area contributed by atoms with Gasteiger partial charge < -0.3 is 10.1 Å². The van der Waals surface area contributed by atoms with Gasteiger partial charge in [0.25, 0.3) is 0 Å². The van der Waals surface area contributed by atoms with E-state index in [1.54, 1.807) is 6.07 Å². The number of halogens is 4. The summed E-state index contributed by atoms with van der Waals surface area (Å²) in [5, 5.41) is 3.33. The monoisotopic (exact) mass is 310 g/mol. The van der Waals surface area contributed by atoms with E-state index in [1.807, 2.05) is 6.07 Å². The summed E-state index contributed by atoms with van der Waals surface area (Å²) in [6.07, 6.45) is -4.64. The fourth-order valence-electron chi connectivity index (χ4n) is 2.25. The van der Waals surface area contributed by atoms with Crippen LogP contribution in [0.1, 0.15) is 12.5 Å². The summed E-state index contributed by atoms with van der Waals surface area (Å²) in [6, 6.07) is 6.57. The third-order valence-corrected chi connectivity index (χ3v) is 2.99. The average molecular weight is 311 g/mol. The number of hydrogen-bond donors (Lipinski definition) is 1. The second kappa shape index (κ2) is 7.15. The first-order chi connectivity index (χ1) is 8.92. The van der Waals surface area contributed by atoms with Gasteiger partial charge in [0, 0.05) is 32.2 Å². The Hall–Kier alpha value is -0.980. The van der Waals surface area contributed by atoms with Crippen LogP contribution in [0.25, 0.3) is 0 Å². The van der Waals surface area contributed by atoms with Gasteiger partial charge in [-0.3, -0.25) is 4.90 Å². The Morgan fingerprint density at radius 2 is 2.15 bits per heavy atom. The molecule has 0 aliphatic carbocycles. The van der Waals surface area contributed by atoms with Gasteiger partial charge >= 0.3 is 6.36 Å². The molecule has 0 radical (unpaired) electrons. The van der Waals surface area contributed by atoms with E-state index >= 15 is 0 Å². The second-order valence-corrected chi connectivity index (χ2v) is 4.79. The number of alkyl halides is 3. The molecule has 0 bridgehead atoms. The van der Waals surface area contributed by atoms with Crippen molar-refractivity contribution in [2.45, 2.75) is 25.9 Å². The van der Waals surface area contributed by atoms with Crippen molar-refractivity contribution in [1.82, 2.24) is 10.2 Å². The molecule has 1 aliphatic rings. The molecule has 1 aliphatic heterocycles. The minimum absolute atomic E-state index is 0. The summed E-state index contributed by atoms with van der Waals surface area (Å²) in [5.41, 5.74) is 0.829. The van der Waals surface area contributed by atoms with Crippen LogP contribution in [0.15, 0.2) is 24.3 Å². The minimum atomic E-state index is -4.64. The minimum Gasteiger partial charge on any atom is -0.406 e. The summed E-state index contributed by atoms with van der Waals surface area (Å²) in [5.74, 6) is -0.159. The fourth-order valence-corrected chi connectivity index (χ4v) is 2.25. The molecule has 0 saturated carbocycles. The summed E-state index contributed by atoms with van der Waals surface area (Å²) in [7, 11) is 0. The zero-order valence-corrected chi connectivity index (χ0v) is 11.9. The predicted octanol–water partition coefficient (Wildman–Crippen LogP) is 2.80. The molecule has 1 saturated heterocycles. The zero-order valence-electron chi connectivity index (χ0n) is 11.1. The number of benzene rings is 1. The van der Waals surface area contributed by atoms with Gasteiger partial charge in [0.05, 0.1) is 0 Å². The molecule has 0 spiro atoms. The van der Waals surface area contributed by atoms with Crippen LogP contribution in [-0.4, -0.2) is 36.9 Å². The van der Waals surface area contributed by atoms with Crippen molar-refractivity contribution < 1.29 is 17.9 Å². The summed E-state index contributed by atoms with van der Waals surface area (Å²) in [4.78, 5) is 2.22. The molecule has 3 nitrogen and oxygen atoms in total. The van der Waals surface area contributed by atoms with Gasteiger partial charge in [-0.25, -0.2) is 0 Å². The molecule has 7 heteroatoms. The molecule has 0 aromatic heterocycles. The third kappa shape index (κ3) is 5.56. The highest BCUT2D eigenvalue weighted by Gasteiger charge is 2.31. The second-order valence-electron chi connectivity index (χ2n) is 4.79. The lowest BCUT2D eigenvalue weighted by atomic mass is 10.1. The van der Waals surface area contributed by atoms with Crippen LogP contribution in [0.2, 0.25) is 0 Å². The number of hydrogen-bond acceptors (Lipinski definition) is 3. The van der Waals surface area contributed by atoms with Crippen molar-refractivity contribution in [3.05, 3.63) is 29.8 Å². The van der Waals surface area contributed by atoms with Crippen LogP contribution < -0.4 is 10.1 Å². The molecular formula is C13H18ClF3N2O. The van der Waals surface area contributed by atoms with Crippen LogP contribution in [0, 0.1) is 0 Å². The van der Waals surface area contributed by atoms with E-state index in [0.717, 1.165) is 25.2 Å². The number of nitrogens with zero attached hydrogens (tertiary/aromatic N) is 1. The van der Waals surface area contributed by atoms with Crippen molar-refractivity contribution >= 4 is 12.4 Å². The van der Waals surface area contributed by atoms with Crippen LogP contribution in [0.3, 0.4) is 0 Å². The van der Waals surface area contributed by atoms with E-state index in [1.165, 1.54) is 12.1 Å². The van der Waals surface area contributed by atoms with E-state index < -0.39 is 6.36 Å². The van der Waals surface area contributed by atoms with Gasteiger partial charge in [0.1, 0.15) is 5.75 Å². The van der Waals surface area contributed by atoms with Gasteiger partial charge in [-0.2, -0.15) is 0 Å². The van der Waals surface area contributed by atoms with E-state index in [0.29, 0.717) is 12.6 Å². The van der Waals surface area contributed by atoms with Crippen LogP contribution in [-0.2, 0) is 6.54 Å². The van der Waals surface area contributed by atoms with Crippen molar-refractivity contribution in [2.75, 3.05) is 19.6 Å². The Morgan fingerprint density at radius 1 is 1.40 bits per heavy atom. The molecule has 2 rings (SSSR count). The summed E-state index contributed by atoms with van der Waals surface area (Å²) in [6.45, 7) is 5.43. The van der Waals surface area contributed by atoms with Gasteiger partial charge in [-0.15, -0.1) is 25.6 Å². The quantitative estimate of drug-likeness (QED) is 0.929. The van der Waals surface area contributed by atoms with Crippen LogP contribution >= 0.6 is 12.4 Å². The molecule has 1 aromatic rings. The highest BCUT2D eigenvalue weighted by Crippen LogP contribution is 2.23. The maximum absolute atomic E-state index is 12.1. The number of rotatable bonds is 3. The number of piperazine rings is 1. The molecule has 1 heterocycles. The highest BCUT2D eigenvalue weighted by atomic mass is 35.5. The molecule has 1 N–H and O–H groups in total. The Labute approximate surface area is 122 Å². The van der Waals surface area contributed by atoms with Gasteiger partial charge in [0.15, 0.2) is 0 Å². The van der Waals surface area contributed by atoms with Crippen LogP contribution in [0.4, 0.5) is 13.2 Å². The lowest BCUT2D eigenvalue weighted by Crippen LogP contribution is -2.48. The van der Waals surface area contributed by atoms with Crippen molar-refractivity contribution in [2.24, 2.45) is 0 Å². The fraction of sp³-hybridized carbons (Fsp3) is 0.538. The maximum Gasteiger partial charge on any atom is 0.573 e. The lowest BCUT2D eigenvalue weighted by molar-refractivity contribution is -0.274. The number of ether oxygens (including phenoxy) is 1. The maximum atomic E-state index is 12.1. The Balaban J connectivity index is 0.00000200. The molecule has 1 fully saturated rings. The van der Waals surface area contributed by atoms with Crippen LogP contribution in [0.5, 0.6) is 5.75 Å². The first-order valence-corrected chi connectivity index (χ1v) is 6.23. The zero-order chi connectivity index (χ0) is 13.9. The Kier molecular flexibility index (Phi) is 6.10. The predicted molar refractivity (Wildman–Crippen MR) is 73.1 cm³/mol. The average Bonchev–Trinajstić information content (AvgIpc) is 2.27. The Bertz CT molecular complexity index is 428. The van der Waals surface area contributed by atoms with E-state index in [-0.39, 0.29) is 18.2 Å². The van der Waals surface area contributed by atoms with E-state index in [4.69, 9.17) is 0 Å². The normalized spacial score (nSPS) is 20.3. The number of nitrogens with one attached hydrogen (secondary N) is 1. The van der Waals surface area contributed by atoms with Crippen molar-refractivity contribution in [3.8, 4) is 5.75 Å². The Morgan fingerprint density at radius 3 is 2.80 bits per heavy atom. The SMILES string of the molecule is C[C@H]1CN(Cc2cccc(OC(F)(F)F)c2)CCN1.Cl. The van der Waals surface area contributed by atoms with Gasteiger partial charge in [0.2, 0.25) is 0 Å². The first kappa shape index (κ1) is 17.1. The van der Waals surface area contributed by atoms with Gasteiger partial charge in [-0.1, -0.05) is 12.1 Å². The molecule has 0 amide bonds. The standard InChI is InChI=1S/C13H17F3N2O.ClH/c1-10-8-18(6-5-17-10)9-11-3-2-4-12(7-11)19-13(14,15)16;/h2-4,7,10,17H,5-6,8-9H2,1H3;1H/t10-;/m0./s1. The van der Waals surface area contributed by atoms with Crippen molar-refractivity contribution in [3.63, 3.8) is 0 Å². The molecule has 114 valence electrons.